The number of carboxylic acids is 1. The zero-order valence-electron chi connectivity index (χ0n) is 11.6. The molecule has 2 saturated heterocycles. The van der Waals surface area contributed by atoms with Crippen molar-refractivity contribution in [3.8, 4) is 0 Å². The molecule has 2 heterocycles. The number of carbonyl (C=O) groups is 3. The molecule has 0 bridgehead atoms. The van der Waals surface area contributed by atoms with Crippen LogP contribution in [-0.2, 0) is 14.4 Å². The number of amides is 2. The van der Waals surface area contributed by atoms with Gasteiger partial charge in [-0.25, -0.2) is 0 Å². The number of carbonyl (C=O) groups excluding carboxylic acids is 2. The van der Waals surface area contributed by atoms with Crippen molar-refractivity contribution >= 4 is 17.8 Å². The van der Waals surface area contributed by atoms with Crippen LogP contribution in [0.15, 0.2) is 0 Å². The minimum Gasteiger partial charge on any atom is -0.481 e. The number of hydrogen-bond acceptors (Lipinski definition) is 4. The van der Waals surface area contributed by atoms with Crippen molar-refractivity contribution < 1.29 is 19.5 Å². The molecule has 2 amide bonds. The summed E-state index contributed by atoms with van der Waals surface area (Å²) in [6.07, 6.45) is 1.95. The van der Waals surface area contributed by atoms with Gasteiger partial charge in [0, 0.05) is 13.1 Å². The third kappa shape index (κ3) is 2.63. The van der Waals surface area contributed by atoms with Crippen LogP contribution in [0.25, 0.3) is 0 Å². The normalized spacial score (nSPS) is 30.1. The number of rotatable bonds is 4. The second kappa shape index (κ2) is 5.78. The van der Waals surface area contributed by atoms with Crippen LogP contribution in [0.5, 0.6) is 0 Å². The van der Waals surface area contributed by atoms with Crippen LogP contribution in [0, 0.1) is 0 Å². The number of hydrogen-bond donors (Lipinski definition) is 3. The summed E-state index contributed by atoms with van der Waals surface area (Å²) < 4.78 is 0. The van der Waals surface area contributed by atoms with E-state index in [1.54, 1.807) is 0 Å². The van der Waals surface area contributed by atoms with Gasteiger partial charge in [0.05, 0.1) is 12.0 Å². The Morgan fingerprint density at radius 2 is 2.20 bits per heavy atom. The van der Waals surface area contributed by atoms with Crippen LogP contribution in [-0.4, -0.2) is 59.0 Å². The van der Waals surface area contributed by atoms with Crippen molar-refractivity contribution in [1.29, 1.82) is 0 Å². The smallest absolute Gasteiger partial charge is 0.305 e. The standard InChI is InChI=1S/C13H21N3O4/c1-2-13(4-3-5-15-13)12(20)16-7-6-14-11(19)9(16)8-10(17)18/h9,15H,2-8H2,1H3,(H,14,19)(H,17,18). The maximum Gasteiger partial charge on any atom is 0.305 e. The predicted molar refractivity (Wildman–Crippen MR) is 71.0 cm³/mol. The van der Waals surface area contributed by atoms with Gasteiger partial charge < -0.3 is 20.6 Å². The summed E-state index contributed by atoms with van der Waals surface area (Å²) >= 11 is 0. The molecule has 7 nitrogen and oxygen atoms in total. The van der Waals surface area contributed by atoms with Crippen molar-refractivity contribution in [2.75, 3.05) is 19.6 Å². The molecule has 2 aliphatic rings. The Morgan fingerprint density at radius 3 is 2.75 bits per heavy atom. The second-order valence-corrected chi connectivity index (χ2v) is 5.37. The molecule has 0 radical (unpaired) electrons. The average Bonchev–Trinajstić information content (AvgIpc) is 2.90. The molecule has 2 unspecified atom stereocenters. The molecule has 0 spiro atoms. The van der Waals surface area contributed by atoms with Crippen molar-refractivity contribution in [2.45, 2.75) is 44.2 Å². The van der Waals surface area contributed by atoms with E-state index in [2.05, 4.69) is 10.6 Å². The van der Waals surface area contributed by atoms with E-state index in [4.69, 9.17) is 5.11 Å². The predicted octanol–water partition coefficient (Wildman–Crippen LogP) is -0.680. The van der Waals surface area contributed by atoms with Crippen molar-refractivity contribution in [1.82, 2.24) is 15.5 Å². The monoisotopic (exact) mass is 283 g/mol. The second-order valence-electron chi connectivity index (χ2n) is 5.37. The van der Waals surface area contributed by atoms with Gasteiger partial charge in [-0.3, -0.25) is 14.4 Å². The van der Waals surface area contributed by atoms with E-state index in [9.17, 15) is 14.4 Å². The maximum absolute atomic E-state index is 12.8. The summed E-state index contributed by atoms with van der Waals surface area (Å²) in [5, 5.41) is 14.8. The number of piperazine rings is 1. The number of nitrogens with zero attached hydrogens (tertiary/aromatic N) is 1. The third-order valence-corrected chi connectivity index (χ3v) is 4.22. The molecule has 0 aromatic carbocycles. The van der Waals surface area contributed by atoms with E-state index in [1.165, 1.54) is 4.90 Å². The lowest BCUT2D eigenvalue weighted by atomic mass is 9.91. The Hall–Kier alpha value is -1.63. The molecule has 0 saturated carbocycles. The highest BCUT2D eigenvalue weighted by molar-refractivity contribution is 5.95. The van der Waals surface area contributed by atoms with Crippen LogP contribution in [0.2, 0.25) is 0 Å². The van der Waals surface area contributed by atoms with Gasteiger partial charge >= 0.3 is 5.97 Å². The maximum atomic E-state index is 12.8. The van der Waals surface area contributed by atoms with E-state index in [-0.39, 0.29) is 18.2 Å². The van der Waals surface area contributed by atoms with Crippen LogP contribution in [0.1, 0.15) is 32.6 Å². The summed E-state index contributed by atoms with van der Waals surface area (Å²) in [4.78, 5) is 37.0. The summed E-state index contributed by atoms with van der Waals surface area (Å²) in [6.45, 7) is 3.46. The molecule has 0 aliphatic carbocycles. The van der Waals surface area contributed by atoms with Gasteiger partial charge in [-0.15, -0.1) is 0 Å². The Bertz CT molecular complexity index is 418. The highest BCUT2D eigenvalue weighted by Crippen LogP contribution is 2.27. The lowest BCUT2D eigenvalue weighted by Gasteiger charge is -2.40. The molecule has 7 heteroatoms. The van der Waals surface area contributed by atoms with Gasteiger partial charge in [0.1, 0.15) is 6.04 Å². The first-order chi connectivity index (χ1) is 9.50. The summed E-state index contributed by atoms with van der Waals surface area (Å²) in [7, 11) is 0. The van der Waals surface area contributed by atoms with E-state index < -0.39 is 17.6 Å². The molecule has 2 fully saturated rings. The number of aliphatic carboxylic acids is 1. The first kappa shape index (κ1) is 14.8. The first-order valence-electron chi connectivity index (χ1n) is 7.06. The van der Waals surface area contributed by atoms with Crippen LogP contribution in [0.3, 0.4) is 0 Å². The summed E-state index contributed by atoms with van der Waals surface area (Å²) in [6, 6.07) is -0.903. The van der Waals surface area contributed by atoms with Gasteiger partial charge in [0.15, 0.2) is 0 Å². The minimum atomic E-state index is -1.07. The fraction of sp³-hybridized carbons (Fsp3) is 0.769. The van der Waals surface area contributed by atoms with Crippen LogP contribution < -0.4 is 10.6 Å². The van der Waals surface area contributed by atoms with Gasteiger partial charge in [-0.1, -0.05) is 6.92 Å². The molecule has 2 atom stereocenters. The summed E-state index contributed by atoms with van der Waals surface area (Å²) in [5.74, 6) is -1.59. The van der Waals surface area contributed by atoms with E-state index in [0.717, 1.165) is 19.4 Å². The Kier molecular flexibility index (Phi) is 4.27. The highest BCUT2D eigenvalue weighted by atomic mass is 16.4. The molecule has 20 heavy (non-hydrogen) atoms. The van der Waals surface area contributed by atoms with Gasteiger partial charge in [0.25, 0.3) is 0 Å². The van der Waals surface area contributed by atoms with E-state index in [1.807, 2.05) is 6.92 Å². The largest absolute Gasteiger partial charge is 0.481 e. The lowest BCUT2D eigenvalue weighted by Crippen LogP contribution is -2.64. The Morgan fingerprint density at radius 1 is 1.45 bits per heavy atom. The highest BCUT2D eigenvalue weighted by Gasteiger charge is 2.46. The van der Waals surface area contributed by atoms with Crippen molar-refractivity contribution in [2.24, 2.45) is 0 Å². The van der Waals surface area contributed by atoms with Gasteiger partial charge in [-0.05, 0) is 25.8 Å². The average molecular weight is 283 g/mol. The van der Waals surface area contributed by atoms with E-state index >= 15 is 0 Å². The molecule has 2 rings (SSSR count). The third-order valence-electron chi connectivity index (χ3n) is 4.22. The topological polar surface area (TPSA) is 98.7 Å². The Labute approximate surface area is 117 Å². The fourth-order valence-corrected chi connectivity index (χ4v) is 3.04. The number of carboxylic acid groups (broad SMARTS) is 1. The molecule has 2 aliphatic heterocycles. The molecule has 112 valence electrons. The Balaban J connectivity index is 2.20. The molecular weight excluding hydrogens is 262 g/mol. The summed E-state index contributed by atoms with van der Waals surface area (Å²) in [5.41, 5.74) is -0.631. The van der Waals surface area contributed by atoms with Crippen molar-refractivity contribution in [3.63, 3.8) is 0 Å². The van der Waals surface area contributed by atoms with E-state index in [0.29, 0.717) is 19.5 Å². The number of nitrogens with one attached hydrogen (secondary N) is 2. The molecule has 3 N–H and O–H groups in total. The molecule has 0 aromatic heterocycles. The van der Waals surface area contributed by atoms with Crippen LogP contribution >= 0.6 is 0 Å². The molecular formula is C13H21N3O4. The lowest BCUT2D eigenvalue weighted by molar-refractivity contribution is -0.152. The fourth-order valence-electron chi connectivity index (χ4n) is 3.04. The molecule has 0 aromatic rings. The van der Waals surface area contributed by atoms with Crippen molar-refractivity contribution in [3.05, 3.63) is 0 Å². The quantitative estimate of drug-likeness (QED) is 0.635. The van der Waals surface area contributed by atoms with Gasteiger partial charge in [-0.2, -0.15) is 0 Å². The first-order valence-corrected chi connectivity index (χ1v) is 7.06. The SMILES string of the molecule is CCC1(C(=O)N2CCNC(=O)C2CC(=O)O)CCCN1. The van der Waals surface area contributed by atoms with Crippen LogP contribution in [0.4, 0.5) is 0 Å². The minimum absolute atomic E-state index is 0.140. The zero-order valence-corrected chi connectivity index (χ0v) is 11.6. The van der Waals surface area contributed by atoms with Gasteiger partial charge in [0.2, 0.25) is 11.8 Å². The zero-order chi connectivity index (χ0) is 14.8.